The molecule has 0 saturated carbocycles. The number of hydrogen-bond donors (Lipinski definition) is 1. The fraction of sp³-hybridized carbons (Fsp3) is 0.0526. The van der Waals surface area contributed by atoms with Crippen molar-refractivity contribution in [2.75, 3.05) is 5.32 Å². The minimum atomic E-state index is 0.499. The molecule has 1 N–H and O–H groups in total. The van der Waals surface area contributed by atoms with Gasteiger partial charge < -0.3 is 5.32 Å². The number of hydrogen-bond acceptors (Lipinski definition) is 3. The zero-order valence-electron chi connectivity index (χ0n) is 13.4. The Bertz CT molecular complexity index is 1060. The van der Waals surface area contributed by atoms with Gasteiger partial charge in [0.05, 0.1) is 16.2 Å². The van der Waals surface area contributed by atoms with Crippen molar-refractivity contribution in [3.8, 4) is 11.1 Å². The molecule has 0 amide bonds. The molecule has 0 saturated heterocycles. The first kappa shape index (κ1) is 15.9. The van der Waals surface area contributed by atoms with Crippen LogP contribution in [0.4, 0.5) is 11.5 Å². The predicted molar refractivity (Wildman–Crippen MR) is 103 cm³/mol. The first-order valence-electron chi connectivity index (χ1n) is 7.75. The number of rotatable bonds is 3. The van der Waals surface area contributed by atoms with Crippen LogP contribution in [0.2, 0.25) is 10.0 Å². The van der Waals surface area contributed by atoms with Crippen LogP contribution in [0.3, 0.4) is 0 Å². The summed E-state index contributed by atoms with van der Waals surface area (Å²) >= 11 is 12.1. The Morgan fingerprint density at radius 2 is 1.76 bits per heavy atom. The highest BCUT2D eigenvalue weighted by atomic mass is 35.5. The number of nitrogens with one attached hydrogen (secondary N) is 1. The number of anilines is 2. The molecule has 0 spiro atoms. The summed E-state index contributed by atoms with van der Waals surface area (Å²) in [6.07, 6.45) is 1.83. The van der Waals surface area contributed by atoms with Crippen molar-refractivity contribution >= 4 is 40.4 Å². The lowest BCUT2D eigenvalue weighted by molar-refractivity contribution is 0.938. The monoisotopic (exact) mass is 368 g/mol. The summed E-state index contributed by atoms with van der Waals surface area (Å²) in [6.45, 7) is 1.96. The van der Waals surface area contributed by atoms with Crippen molar-refractivity contribution in [3.63, 3.8) is 0 Å². The normalized spacial score (nSPS) is 11.0. The Kier molecular flexibility index (Phi) is 4.07. The smallest absolute Gasteiger partial charge is 0.165 e. The fourth-order valence-corrected chi connectivity index (χ4v) is 3.01. The van der Waals surface area contributed by atoms with Gasteiger partial charge in [0.1, 0.15) is 5.82 Å². The van der Waals surface area contributed by atoms with Crippen molar-refractivity contribution < 1.29 is 0 Å². The molecule has 0 atom stereocenters. The van der Waals surface area contributed by atoms with Crippen molar-refractivity contribution in [1.82, 2.24) is 14.6 Å². The average Bonchev–Trinajstić information content (AvgIpc) is 3.03. The topological polar surface area (TPSA) is 42.2 Å². The molecule has 0 radical (unpaired) electrons. The maximum atomic E-state index is 6.11. The molecule has 2 aromatic carbocycles. The highest BCUT2D eigenvalue weighted by molar-refractivity contribution is 6.42. The van der Waals surface area contributed by atoms with Crippen LogP contribution >= 0.6 is 23.2 Å². The minimum absolute atomic E-state index is 0.499. The van der Waals surface area contributed by atoms with Gasteiger partial charge in [-0.05, 0) is 30.7 Å². The van der Waals surface area contributed by atoms with Crippen molar-refractivity contribution in [2.24, 2.45) is 0 Å². The Labute approximate surface area is 155 Å². The summed E-state index contributed by atoms with van der Waals surface area (Å²) in [7, 11) is 0. The number of aryl methyl sites for hydroxylation is 1. The van der Waals surface area contributed by atoms with Gasteiger partial charge in [0.15, 0.2) is 5.65 Å². The fourth-order valence-electron chi connectivity index (χ4n) is 2.72. The van der Waals surface area contributed by atoms with E-state index in [1.807, 2.05) is 55.6 Å². The molecule has 124 valence electrons. The number of fused-ring (bicyclic) bond motifs is 1. The largest absolute Gasteiger partial charge is 0.340 e. The molecule has 0 aliphatic carbocycles. The number of nitrogens with zero attached hydrogens (tertiary/aromatic N) is 3. The molecule has 0 aliphatic heterocycles. The molecule has 4 aromatic rings. The van der Waals surface area contributed by atoms with Crippen LogP contribution < -0.4 is 5.32 Å². The van der Waals surface area contributed by atoms with E-state index in [0.29, 0.717) is 10.0 Å². The number of benzene rings is 2. The van der Waals surface area contributed by atoms with E-state index in [1.165, 1.54) is 0 Å². The quantitative estimate of drug-likeness (QED) is 0.500. The summed E-state index contributed by atoms with van der Waals surface area (Å²) in [5.41, 5.74) is 4.59. The highest BCUT2D eigenvalue weighted by Crippen LogP contribution is 2.29. The SMILES string of the molecule is Cc1cc(Nc2ccc(Cl)c(Cl)c2)n2ncc(-c3ccccc3)c2n1. The first-order chi connectivity index (χ1) is 12.1. The Hall–Kier alpha value is -2.56. The lowest BCUT2D eigenvalue weighted by atomic mass is 10.1. The van der Waals surface area contributed by atoms with Crippen LogP contribution in [0.15, 0.2) is 60.8 Å². The van der Waals surface area contributed by atoms with Gasteiger partial charge in [0.2, 0.25) is 0 Å². The van der Waals surface area contributed by atoms with E-state index in [2.05, 4.69) is 15.4 Å². The first-order valence-corrected chi connectivity index (χ1v) is 8.50. The maximum Gasteiger partial charge on any atom is 0.165 e. The van der Waals surface area contributed by atoms with E-state index in [4.69, 9.17) is 23.2 Å². The maximum absolute atomic E-state index is 6.11. The third kappa shape index (κ3) is 3.06. The van der Waals surface area contributed by atoms with Crippen LogP contribution in [0, 0.1) is 6.92 Å². The third-order valence-corrected chi connectivity index (χ3v) is 4.62. The molecule has 6 heteroatoms. The summed E-state index contributed by atoms with van der Waals surface area (Å²) in [4.78, 5) is 4.66. The molecule has 0 bridgehead atoms. The van der Waals surface area contributed by atoms with Crippen molar-refractivity contribution in [3.05, 3.63) is 76.5 Å². The van der Waals surface area contributed by atoms with Gasteiger partial charge in [-0.15, -0.1) is 0 Å². The summed E-state index contributed by atoms with van der Waals surface area (Å²) < 4.78 is 1.79. The second-order valence-corrected chi connectivity index (χ2v) is 6.51. The molecule has 4 nitrogen and oxygen atoms in total. The van der Waals surface area contributed by atoms with E-state index < -0.39 is 0 Å². The van der Waals surface area contributed by atoms with Crippen LogP contribution in [0.5, 0.6) is 0 Å². The molecular formula is C19H14Cl2N4. The van der Waals surface area contributed by atoms with E-state index in [9.17, 15) is 0 Å². The van der Waals surface area contributed by atoms with Gasteiger partial charge in [-0.1, -0.05) is 53.5 Å². The Balaban J connectivity index is 1.82. The molecule has 2 aromatic heterocycles. The van der Waals surface area contributed by atoms with Gasteiger partial charge in [-0.25, -0.2) is 4.98 Å². The van der Waals surface area contributed by atoms with E-state index >= 15 is 0 Å². The molecule has 0 aliphatic rings. The summed E-state index contributed by atoms with van der Waals surface area (Å²) in [5, 5.41) is 8.86. The van der Waals surface area contributed by atoms with Crippen molar-refractivity contribution in [2.45, 2.75) is 6.92 Å². The van der Waals surface area contributed by atoms with Gasteiger partial charge in [-0.2, -0.15) is 9.61 Å². The van der Waals surface area contributed by atoms with E-state index in [0.717, 1.165) is 34.0 Å². The van der Waals surface area contributed by atoms with E-state index in [1.54, 1.807) is 16.6 Å². The number of halogens is 2. The molecular weight excluding hydrogens is 355 g/mol. The predicted octanol–water partition coefficient (Wildman–Crippen LogP) is 5.76. The van der Waals surface area contributed by atoms with Gasteiger partial charge >= 0.3 is 0 Å². The average molecular weight is 369 g/mol. The van der Waals surface area contributed by atoms with E-state index in [-0.39, 0.29) is 0 Å². The number of aromatic nitrogens is 3. The molecule has 0 unspecified atom stereocenters. The standard InChI is InChI=1S/C19H14Cl2N4/c1-12-9-18(24-14-7-8-16(20)17(21)10-14)25-19(23-12)15(11-22-25)13-5-3-2-4-6-13/h2-11,24H,1H3. The van der Waals surface area contributed by atoms with Crippen LogP contribution in [0.1, 0.15) is 5.69 Å². The molecule has 0 fully saturated rings. The highest BCUT2D eigenvalue weighted by Gasteiger charge is 2.12. The molecule has 2 heterocycles. The lowest BCUT2D eigenvalue weighted by Gasteiger charge is -2.10. The molecule has 4 rings (SSSR count). The van der Waals surface area contributed by atoms with Crippen molar-refractivity contribution in [1.29, 1.82) is 0 Å². The second kappa shape index (κ2) is 6.39. The zero-order chi connectivity index (χ0) is 17.4. The van der Waals surface area contributed by atoms with Crippen LogP contribution in [0.25, 0.3) is 16.8 Å². The molecule has 25 heavy (non-hydrogen) atoms. The Morgan fingerprint density at radius 3 is 2.52 bits per heavy atom. The van der Waals surface area contributed by atoms with Crippen LogP contribution in [-0.4, -0.2) is 14.6 Å². The Morgan fingerprint density at radius 1 is 0.960 bits per heavy atom. The van der Waals surface area contributed by atoms with Crippen LogP contribution in [-0.2, 0) is 0 Å². The second-order valence-electron chi connectivity index (χ2n) is 5.70. The van der Waals surface area contributed by atoms with Gasteiger partial charge in [0, 0.05) is 23.0 Å². The minimum Gasteiger partial charge on any atom is -0.340 e. The lowest BCUT2D eigenvalue weighted by Crippen LogP contribution is -2.02. The summed E-state index contributed by atoms with van der Waals surface area (Å²) in [5.74, 6) is 0.808. The van der Waals surface area contributed by atoms with Gasteiger partial charge in [-0.3, -0.25) is 0 Å². The summed E-state index contributed by atoms with van der Waals surface area (Å²) in [6, 6.07) is 17.5. The van der Waals surface area contributed by atoms with Gasteiger partial charge in [0.25, 0.3) is 0 Å². The third-order valence-electron chi connectivity index (χ3n) is 3.88. The zero-order valence-corrected chi connectivity index (χ0v) is 14.9.